The van der Waals surface area contributed by atoms with E-state index in [9.17, 15) is 0 Å². The first-order valence-electron chi connectivity index (χ1n) is 10.6. The van der Waals surface area contributed by atoms with Crippen molar-refractivity contribution in [3.8, 4) is 0 Å². The molecule has 2 heterocycles. The number of ether oxygens (including phenoxy) is 2. The van der Waals surface area contributed by atoms with Gasteiger partial charge in [0.15, 0.2) is 5.96 Å². The lowest BCUT2D eigenvalue weighted by molar-refractivity contribution is 0.0168. The van der Waals surface area contributed by atoms with Gasteiger partial charge in [-0.05, 0) is 64.0 Å². The van der Waals surface area contributed by atoms with Crippen LogP contribution < -0.4 is 10.6 Å². The lowest BCUT2D eigenvalue weighted by Crippen LogP contribution is -2.39. The van der Waals surface area contributed by atoms with E-state index < -0.39 is 0 Å². The number of hydrogen-bond acceptors (Lipinski definition) is 4. The Hall–Kier alpha value is -0.850. The van der Waals surface area contributed by atoms with Gasteiger partial charge in [-0.3, -0.25) is 4.99 Å². The van der Waals surface area contributed by atoms with Crippen molar-refractivity contribution in [2.24, 2.45) is 10.9 Å². The van der Waals surface area contributed by atoms with Gasteiger partial charge in [0.1, 0.15) is 0 Å². The Labute approximate surface area is 160 Å². The number of nitrogens with one attached hydrogen (secondary N) is 2. The molecule has 2 rings (SSSR count). The van der Waals surface area contributed by atoms with Crippen LogP contribution in [-0.4, -0.2) is 76.6 Å². The van der Waals surface area contributed by atoms with Crippen LogP contribution in [-0.2, 0) is 9.47 Å². The number of hydrogen-bond donors (Lipinski definition) is 2. The van der Waals surface area contributed by atoms with Gasteiger partial charge in [-0.2, -0.15) is 0 Å². The summed E-state index contributed by atoms with van der Waals surface area (Å²) in [6.45, 7) is 10.5. The highest BCUT2D eigenvalue weighted by Gasteiger charge is 2.15. The van der Waals surface area contributed by atoms with Crippen LogP contribution in [0.15, 0.2) is 4.99 Å². The Morgan fingerprint density at radius 3 is 2.73 bits per heavy atom. The summed E-state index contributed by atoms with van der Waals surface area (Å²) in [7, 11) is 1.83. The summed E-state index contributed by atoms with van der Waals surface area (Å²) in [5.74, 6) is 1.77. The maximum atomic E-state index is 5.68. The summed E-state index contributed by atoms with van der Waals surface area (Å²) in [5, 5.41) is 6.77. The molecule has 2 aliphatic heterocycles. The molecule has 2 N–H and O–H groups in total. The third kappa shape index (κ3) is 9.19. The Morgan fingerprint density at radius 2 is 2.00 bits per heavy atom. The van der Waals surface area contributed by atoms with Crippen LogP contribution in [0.5, 0.6) is 0 Å². The van der Waals surface area contributed by atoms with Crippen molar-refractivity contribution in [1.29, 1.82) is 0 Å². The highest BCUT2D eigenvalue weighted by Crippen LogP contribution is 2.15. The molecule has 0 spiro atoms. The standard InChI is InChI=1S/C20H40N4O2/c1-18-8-5-13-24(16-18)12-4-3-10-22-20(21-2)23-11-7-14-25-17-19-9-6-15-26-19/h18-19H,3-17H2,1-2H3,(H2,21,22,23). The fourth-order valence-corrected chi connectivity index (χ4v) is 3.75. The number of likely N-dealkylation sites (tertiary alicyclic amines) is 1. The van der Waals surface area contributed by atoms with E-state index in [1.165, 1.54) is 51.7 Å². The van der Waals surface area contributed by atoms with Gasteiger partial charge in [0.25, 0.3) is 0 Å². The van der Waals surface area contributed by atoms with Crippen LogP contribution in [0, 0.1) is 5.92 Å². The van der Waals surface area contributed by atoms with E-state index >= 15 is 0 Å². The van der Waals surface area contributed by atoms with E-state index in [1.54, 1.807) is 0 Å². The predicted octanol–water partition coefficient (Wildman–Crippen LogP) is 2.25. The number of rotatable bonds is 11. The summed E-state index contributed by atoms with van der Waals surface area (Å²) < 4.78 is 11.2. The number of nitrogens with zero attached hydrogens (tertiary/aromatic N) is 2. The highest BCUT2D eigenvalue weighted by atomic mass is 16.5. The maximum Gasteiger partial charge on any atom is 0.190 e. The monoisotopic (exact) mass is 368 g/mol. The molecule has 0 amide bonds. The smallest absolute Gasteiger partial charge is 0.190 e. The van der Waals surface area contributed by atoms with Crippen LogP contribution in [0.2, 0.25) is 0 Å². The molecule has 2 saturated heterocycles. The minimum Gasteiger partial charge on any atom is -0.379 e. The van der Waals surface area contributed by atoms with Crippen molar-refractivity contribution >= 4 is 5.96 Å². The average molecular weight is 369 g/mol. The zero-order valence-corrected chi connectivity index (χ0v) is 17.0. The predicted molar refractivity (Wildman–Crippen MR) is 108 cm³/mol. The molecule has 6 nitrogen and oxygen atoms in total. The number of aliphatic imine (C=N–C) groups is 1. The normalized spacial score (nSPS) is 24.8. The van der Waals surface area contributed by atoms with Gasteiger partial charge in [0, 0.05) is 39.9 Å². The molecular weight excluding hydrogens is 328 g/mol. The first kappa shape index (κ1) is 21.5. The first-order valence-corrected chi connectivity index (χ1v) is 10.6. The van der Waals surface area contributed by atoms with Crippen molar-refractivity contribution in [2.75, 3.05) is 59.6 Å². The van der Waals surface area contributed by atoms with Gasteiger partial charge < -0.3 is 25.0 Å². The van der Waals surface area contributed by atoms with Gasteiger partial charge in [-0.1, -0.05) is 6.92 Å². The van der Waals surface area contributed by atoms with Gasteiger partial charge in [-0.15, -0.1) is 0 Å². The largest absolute Gasteiger partial charge is 0.379 e. The molecule has 0 aromatic carbocycles. The Balaban J connectivity index is 1.40. The second-order valence-corrected chi connectivity index (χ2v) is 7.74. The van der Waals surface area contributed by atoms with E-state index in [-0.39, 0.29) is 0 Å². The molecule has 0 aliphatic carbocycles. The molecule has 0 radical (unpaired) electrons. The fourth-order valence-electron chi connectivity index (χ4n) is 3.75. The van der Waals surface area contributed by atoms with Gasteiger partial charge in [-0.25, -0.2) is 0 Å². The minimum absolute atomic E-state index is 0.325. The van der Waals surface area contributed by atoms with Gasteiger partial charge in [0.05, 0.1) is 12.7 Å². The minimum atomic E-state index is 0.325. The molecule has 152 valence electrons. The van der Waals surface area contributed by atoms with Crippen molar-refractivity contribution < 1.29 is 9.47 Å². The molecule has 0 aromatic heterocycles. The van der Waals surface area contributed by atoms with Crippen molar-refractivity contribution in [3.63, 3.8) is 0 Å². The third-order valence-corrected chi connectivity index (χ3v) is 5.24. The van der Waals surface area contributed by atoms with Crippen LogP contribution in [0.4, 0.5) is 0 Å². The molecule has 2 atom stereocenters. The van der Waals surface area contributed by atoms with E-state index in [2.05, 4.69) is 27.4 Å². The molecular formula is C20H40N4O2. The lowest BCUT2D eigenvalue weighted by atomic mass is 10.0. The SMILES string of the molecule is CN=C(NCCCCN1CCCC(C)C1)NCCCOCC1CCCO1. The zero-order chi connectivity index (χ0) is 18.5. The second kappa shape index (κ2) is 13.3. The van der Waals surface area contributed by atoms with Crippen LogP contribution >= 0.6 is 0 Å². The Morgan fingerprint density at radius 1 is 1.15 bits per heavy atom. The molecule has 0 saturated carbocycles. The molecule has 0 aromatic rings. The molecule has 26 heavy (non-hydrogen) atoms. The van der Waals surface area contributed by atoms with E-state index in [0.717, 1.165) is 57.6 Å². The summed E-state index contributed by atoms with van der Waals surface area (Å²) in [6, 6.07) is 0. The summed E-state index contributed by atoms with van der Waals surface area (Å²) in [4.78, 5) is 6.91. The Kier molecular flexibility index (Phi) is 11.0. The molecule has 2 fully saturated rings. The molecule has 0 bridgehead atoms. The fraction of sp³-hybridized carbons (Fsp3) is 0.950. The average Bonchev–Trinajstić information content (AvgIpc) is 3.16. The van der Waals surface area contributed by atoms with E-state index in [1.807, 2.05) is 7.05 Å². The molecule has 2 aliphatic rings. The van der Waals surface area contributed by atoms with Crippen molar-refractivity contribution in [1.82, 2.24) is 15.5 Å². The van der Waals surface area contributed by atoms with E-state index in [4.69, 9.17) is 9.47 Å². The number of guanidine groups is 1. The lowest BCUT2D eigenvalue weighted by Gasteiger charge is -2.30. The summed E-state index contributed by atoms with van der Waals surface area (Å²) in [6.07, 6.45) is 8.85. The quantitative estimate of drug-likeness (QED) is 0.333. The van der Waals surface area contributed by atoms with Gasteiger partial charge in [0.2, 0.25) is 0 Å². The van der Waals surface area contributed by atoms with Crippen LogP contribution in [0.1, 0.15) is 51.9 Å². The summed E-state index contributed by atoms with van der Waals surface area (Å²) in [5.41, 5.74) is 0. The second-order valence-electron chi connectivity index (χ2n) is 7.74. The first-order chi connectivity index (χ1) is 12.8. The molecule has 2 unspecified atom stereocenters. The topological polar surface area (TPSA) is 58.1 Å². The zero-order valence-electron chi connectivity index (χ0n) is 17.0. The number of unbranched alkanes of at least 4 members (excludes halogenated alkanes) is 1. The van der Waals surface area contributed by atoms with Crippen LogP contribution in [0.25, 0.3) is 0 Å². The maximum absolute atomic E-state index is 5.68. The number of piperidine rings is 1. The van der Waals surface area contributed by atoms with Gasteiger partial charge >= 0.3 is 0 Å². The Bertz CT molecular complexity index is 386. The highest BCUT2D eigenvalue weighted by molar-refractivity contribution is 5.79. The van der Waals surface area contributed by atoms with Crippen molar-refractivity contribution in [3.05, 3.63) is 0 Å². The summed E-state index contributed by atoms with van der Waals surface area (Å²) >= 11 is 0. The van der Waals surface area contributed by atoms with Crippen LogP contribution in [0.3, 0.4) is 0 Å². The van der Waals surface area contributed by atoms with E-state index in [0.29, 0.717) is 6.10 Å². The van der Waals surface area contributed by atoms with Crippen molar-refractivity contribution in [2.45, 2.75) is 58.0 Å². The molecule has 6 heteroatoms. The third-order valence-electron chi connectivity index (χ3n) is 5.24.